The van der Waals surface area contributed by atoms with Crippen LogP contribution in [-0.4, -0.2) is 58.0 Å². The molecule has 220 valence electrons. The Hall–Kier alpha value is -4.12. The first-order chi connectivity index (χ1) is 19.5. The monoisotopic (exact) mass is 585 g/mol. The van der Waals surface area contributed by atoms with Crippen molar-refractivity contribution in [3.05, 3.63) is 84.2 Å². The van der Waals surface area contributed by atoms with Gasteiger partial charge in [-0.05, 0) is 50.6 Å². The lowest BCUT2D eigenvalue weighted by Crippen LogP contribution is -2.52. The minimum absolute atomic E-state index is 0.0547. The zero-order valence-electron chi connectivity index (χ0n) is 23.8. The van der Waals surface area contributed by atoms with Crippen LogP contribution in [0, 0.1) is 5.82 Å². The van der Waals surface area contributed by atoms with Gasteiger partial charge in [0.15, 0.2) is 0 Å². The number of carbonyl (C=O) groups excluding carboxylic acids is 2. The summed E-state index contributed by atoms with van der Waals surface area (Å²) < 4.78 is 54.3. The number of nitrogens with one attached hydrogen (secondary N) is 1. The molecular formula is C30H36FN3O6S. The highest BCUT2D eigenvalue weighted by molar-refractivity contribution is 7.92. The average molecular weight is 586 g/mol. The Morgan fingerprint density at radius 1 is 0.951 bits per heavy atom. The van der Waals surface area contributed by atoms with Crippen molar-refractivity contribution in [2.45, 2.75) is 50.7 Å². The van der Waals surface area contributed by atoms with Crippen LogP contribution in [0.5, 0.6) is 11.5 Å². The molecule has 0 spiro atoms. The highest BCUT2D eigenvalue weighted by Crippen LogP contribution is 2.36. The molecule has 3 aromatic carbocycles. The lowest BCUT2D eigenvalue weighted by Gasteiger charge is -2.33. The van der Waals surface area contributed by atoms with Gasteiger partial charge in [-0.25, -0.2) is 12.8 Å². The number of halogens is 1. The Balaban J connectivity index is 2.11. The van der Waals surface area contributed by atoms with E-state index in [0.717, 1.165) is 4.31 Å². The third-order valence-electron chi connectivity index (χ3n) is 6.73. The van der Waals surface area contributed by atoms with Crippen LogP contribution in [0.3, 0.4) is 0 Å². The molecule has 41 heavy (non-hydrogen) atoms. The van der Waals surface area contributed by atoms with Crippen LogP contribution in [-0.2, 0) is 26.2 Å². The first-order valence-electron chi connectivity index (χ1n) is 13.2. The summed E-state index contributed by atoms with van der Waals surface area (Å²) in [6, 6.07) is 17.0. The molecule has 0 saturated carbocycles. The molecule has 0 bridgehead atoms. The second kappa shape index (κ2) is 14.0. The number of anilines is 1. The Bertz CT molecular complexity index is 1450. The van der Waals surface area contributed by atoms with Crippen molar-refractivity contribution in [2.24, 2.45) is 0 Å². The number of amides is 2. The normalized spacial score (nSPS) is 12.6. The fraction of sp³-hybridized carbons (Fsp3) is 0.333. The van der Waals surface area contributed by atoms with Crippen LogP contribution in [0.1, 0.15) is 32.8 Å². The van der Waals surface area contributed by atoms with Gasteiger partial charge < -0.3 is 19.7 Å². The van der Waals surface area contributed by atoms with Gasteiger partial charge in [-0.2, -0.15) is 0 Å². The second-order valence-corrected chi connectivity index (χ2v) is 11.3. The smallest absolute Gasteiger partial charge is 0.264 e. The molecule has 1 N–H and O–H groups in total. The largest absolute Gasteiger partial charge is 0.497 e. The van der Waals surface area contributed by atoms with Gasteiger partial charge in [-0.3, -0.25) is 13.9 Å². The summed E-state index contributed by atoms with van der Waals surface area (Å²) in [5, 5.41) is 2.84. The number of rotatable bonds is 13. The molecule has 11 heteroatoms. The molecule has 2 atom stereocenters. The molecule has 0 fully saturated rings. The van der Waals surface area contributed by atoms with Crippen molar-refractivity contribution in [1.29, 1.82) is 0 Å². The van der Waals surface area contributed by atoms with Crippen molar-refractivity contribution < 1.29 is 31.9 Å². The molecule has 0 aliphatic rings. The van der Waals surface area contributed by atoms with Gasteiger partial charge in [0.1, 0.15) is 29.9 Å². The molecule has 0 unspecified atom stereocenters. The van der Waals surface area contributed by atoms with E-state index in [1.54, 1.807) is 30.3 Å². The van der Waals surface area contributed by atoms with Gasteiger partial charge in [0.2, 0.25) is 11.8 Å². The number of sulfonamides is 1. The molecule has 9 nitrogen and oxygen atoms in total. The van der Waals surface area contributed by atoms with Crippen molar-refractivity contribution in [3.63, 3.8) is 0 Å². The van der Waals surface area contributed by atoms with Gasteiger partial charge in [-0.1, -0.05) is 43.3 Å². The Morgan fingerprint density at radius 3 is 2.22 bits per heavy atom. The van der Waals surface area contributed by atoms with Crippen LogP contribution in [0.4, 0.5) is 10.1 Å². The topological polar surface area (TPSA) is 105 Å². The summed E-state index contributed by atoms with van der Waals surface area (Å²) in [5.41, 5.74) is 0.243. The number of benzene rings is 3. The molecule has 2 amide bonds. The van der Waals surface area contributed by atoms with Gasteiger partial charge in [0.05, 0.1) is 24.8 Å². The van der Waals surface area contributed by atoms with Crippen molar-refractivity contribution >= 4 is 27.5 Å². The molecule has 0 radical (unpaired) electrons. The summed E-state index contributed by atoms with van der Waals surface area (Å²) >= 11 is 0. The molecule has 3 rings (SSSR count). The van der Waals surface area contributed by atoms with Crippen LogP contribution in [0.25, 0.3) is 0 Å². The van der Waals surface area contributed by atoms with Crippen LogP contribution >= 0.6 is 0 Å². The van der Waals surface area contributed by atoms with E-state index in [1.807, 2.05) is 13.8 Å². The van der Waals surface area contributed by atoms with E-state index in [1.165, 1.54) is 68.5 Å². The average Bonchev–Trinajstić information content (AvgIpc) is 2.98. The third kappa shape index (κ3) is 7.55. The number of ether oxygens (including phenoxy) is 2. The lowest BCUT2D eigenvalue weighted by atomic mass is 10.1. The summed E-state index contributed by atoms with van der Waals surface area (Å²) in [5.74, 6) is -1.19. The highest BCUT2D eigenvalue weighted by atomic mass is 32.2. The van der Waals surface area contributed by atoms with Gasteiger partial charge in [-0.15, -0.1) is 0 Å². The number of hydrogen-bond acceptors (Lipinski definition) is 6. The van der Waals surface area contributed by atoms with E-state index in [2.05, 4.69) is 5.32 Å². The Morgan fingerprint density at radius 2 is 1.61 bits per heavy atom. The molecule has 0 saturated heterocycles. The van der Waals surface area contributed by atoms with Crippen molar-refractivity contribution in [2.75, 3.05) is 25.1 Å². The molecule has 0 aliphatic heterocycles. The van der Waals surface area contributed by atoms with Gasteiger partial charge >= 0.3 is 0 Å². The predicted octanol–water partition coefficient (Wildman–Crippen LogP) is 4.37. The molecule has 0 aliphatic carbocycles. The molecule has 3 aromatic rings. The summed E-state index contributed by atoms with van der Waals surface area (Å²) in [7, 11) is -1.50. The first-order valence-corrected chi connectivity index (χ1v) is 14.6. The lowest BCUT2D eigenvalue weighted by molar-refractivity contribution is -0.139. The Labute approximate surface area is 240 Å². The van der Waals surface area contributed by atoms with E-state index in [0.29, 0.717) is 12.2 Å². The number of hydrogen-bond donors (Lipinski definition) is 1. The van der Waals surface area contributed by atoms with Crippen molar-refractivity contribution in [1.82, 2.24) is 10.2 Å². The third-order valence-corrected chi connectivity index (χ3v) is 8.51. The number of carbonyl (C=O) groups is 2. The maximum absolute atomic E-state index is 14.7. The zero-order chi connectivity index (χ0) is 30.2. The standard InChI is InChI=1S/C30H36FN3O6S/c1-6-21(2)32-30(36)22(3)33(19-23-12-10-11-15-26(23)31)29(35)20-34(41(37,38)25-13-8-7-9-14-25)27-18-24(39-4)16-17-28(27)40-5/h7-18,21-22H,6,19-20H2,1-5H3,(H,32,36)/t21-,22-/m1/s1. The SMILES string of the molecule is CC[C@@H](C)NC(=O)[C@@H](C)N(Cc1ccccc1F)C(=O)CN(c1cc(OC)ccc1OC)S(=O)(=O)c1ccccc1. The number of nitrogens with zero attached hydrogens (tertiary/aromatic N) is 2. The summed E-state index contributed by atoms with van der Waals surface area (Å²) in [4.78, 5) is 28.3. The quantitative estimate of drug-likeness (QED) is 0.320. The van der Waals surface area contributed by atoms with E-state index >= 15 is 0 Å². The molecule has 0 aromatic heterocycles. The zero-order valence-corrected chi connectivity index (χ0v) is 24.7. The summed E-state index contributed by atoms with van der Waals surface area (Å²) in [6.07, 6.45) is 0.665. The van der Waals surface area contributed by atoms with E-state index in [-0.39, 0.29) is 34.5 Å². The van der Waals surface area contributed by atoms with Crippen LogP contribution in [0.15, 0.2) is 77.7 Å². The van der Waals surface area contributed by atoms with E-state index < -0.39 is 40.2 Å². The second-order valence-electron chi connectivity index (χ2n) is 9.47. The van der Waals surface area contributed by atoms with Crippen molar-refractivity contribution in [3.8, 4) is 11.5 Å². The maximum atomic E-state index is 14.7. The first kappa shape index (κ1) is 31.4. The maximum Gasteiger partial charge on any atom is 0.264 e. The Kier molecular flexibility index (Phi) is 10.7. The van der Waals surface area contributed by atoms with Gasteiger partial charge in [0, 0.05) is 24.2 Å². The fourth-order valence-corrected chi connectivity index (χ4v) is 5.52. The van der Waals surface area contributed by atoms with E-state index in [9.17, 15) is 22.4 Å². The minimum atomic E-state index is -4.31. The highest BCUT2D eigenvalue weighted by Gasteiger charge is 2.34. The van der Waals surface area contributed by atoms with Crippen LogP contribution < -0.4 is 19.1 Å². The predicted molar refractivity (Wildman–Crippen MR) is 155 cm³/mol. The fourth-order valence-electron chi connectivity index (χ4n) is 4.08. The molecular weight excluding hydrogens is 549 g/mol. The number of methoxy groups -OCH3 is 2. The molecule has 0 heterocycles. The van der Waals surface area contributed by atoms with Crippen LogP contribution in [0.2, 0.25) is 0 Å². The summed E-state index contributed by atoms with van der Waals surface area (Å²) in [6.45, 7) is 4.31. The van der Waals surface area contributed by atoms with E-state index in [4.69, 9.17) is 9.47 Å². The van der Waals surface area contributed by atoms with Gasteiger partial charge in [0.25, 0.3) is 10.0 Å². The minimum Gasteiger partial charge on any atom is -0.497 e.